The third kappa shape index (κ3) is 3.92. The van der Waals surface area contributed by atoms with Crippen molar-refractivity contribution in [1.29, 1.82) is 0 Å². The first kappa shape index (κ1) is 18.2. The number of nitrogens with zero attached hydrogens (tertiary/aromatic N) is 2. The largest absolute Gasteiger partial charge is 0.379 e. The van der Waals surface area contributed by atoms with Gasteiger partial charge in [0.2, 0.25) is 5.43 Å². The number of morpholine rings is 1. The Morgan fingerprint density at radius 1 is 1.26 bits per heavy atom. The maximum absolute atomic E-state index is 13.1. The zero-order valence-corrected chi connectivity index (χ0v) is 15.9. The van der Waals surface area contributed by atoms with Gasteiger partial charge in [0, 0.05) is 49.8 Å². The number of carbonyl (C=O) groups excluding carboxylic acids is 1. The van der Waals surface area contributed by atoms with Crippen molar-refractivity contribution in [3.8, 4) is 0 Å². The number of carbonyl (C=O) groups is 1. The third-order valence-corrected chi connectivity index (χ3v) is 5.69. The molecule has 0 saturated carbocycles. The first-order valence-electron chi connectivity index (χ1n) is 9.83. The van der Waals surface area contributed by atoms with Crippen LogP contribution in [0.3, 0.4) is 0 Å². The summed E-state index contributed by atoms with van der Waals surface area (Å²) in [5.74, 6) is 0.314. The SMILES string of the molecule is Cc1ccc2[nH]cc(C(=O)N3CCC[C@H](CN4CCOCC4)C3)c(=O)c2c1. The van der Waals surface area contributed by atoms with Gasteiger partial charge >= 0.3 is 0 Å². The number of piperidine rings is 1. The molecule has 3 heterocycles. The van der Waals surface area contributed by atoms with E-state index in [1.165, 1.54) is 0 Å². The fourth-order valence-corrected chi connectivity index (χ4v) is 4.21. The number of H-pyrrole nitrogens is 1. The number of hydrogen-bond donors (Lipinski definition) is 1. The van der Waals surface area contributed by atoms with Crippen LogP contribution < -0.4 is 5.43 Å². The van der Waals surface area contributed by atoms with Crippen molar-refractivity contribution < 1.29 is 9.53 Å². The van der Waals surface area contributed by atoms with Crippen LogP contribution in [0.5, 0.6) is 0 Å². The number of aromatic nitrogens is 1. The second-order valence-corrected chi connectivity index (χ2v) is 7.75. The highest BCUT2D eigenvalue weighted by Gasteiger charge is 2.28. The second kappa shape index (κ2) is 7.82. The predicted molar refractivity (Wildman–Crippen MR) is 105 cm³/mol. The van der Waals surface area contributed by atoms with Gasteiger partial charge in [-0.2, -0.15) is 0 Å². The van der Waals surface area contributed by atoms with Crippen molar-refractivity contribution in [3.05, 3.63) is 45.7 Å². The van der Waals surface area contributed by atoms with E-state index in [1.54, 1.807) is 6.20 Å². The van der Waals surface area contributed by atoms with Crippen molar-refractivity contribution in [2.45, 2.75) is 19.8 Å². The van der Waals surface area contributed by atoms with Crippen LogP contribution >= 0.6 is 0 Å². The first-order chi connectivity index (χ1) is 13.1. The van der Waals surface area contributed by atoms with E-state index in [9.17, 15) is 9.59 Å². The number of aryl methyl sites for hydroxylation is 1. The molecule has 1 amide bonds. The summed E-state index contributed by atoms with van der Waals surface area (Å²) in [6.45, 7) is 7.92. The maximum atomic E-state index is 13.1. The molecule has 1 aromatic carbocycles. The molecule has 2 aromatic rings. The Labute approximate surface area is 159 Å². The van der Waals surface area contributed by atoms with Crippen LogP contribution in [-0.4, -0.2) is 66.6 Å². The first-order valence-corrected chi connectivity index (χ1v) is 9.83. The number of rotatable bonds is 3. The van der Waals surface area contributed by atoms with Crippen molar-refractivity contribution in [2.75, 3.05) is 45.9 Å². The topological polar surface area (TPSA) is 65.6 Å². The molecule has 0 aliphatic carbocycles. The number of nitrogens with one attached hydrogen (secondary N) is 1. The average Bonchev–Trinajstić information content (AvgIpc) is 2.69. The lowest BCUT2D eigenvalue weighted by Gasteiger charge is -2.36. The number of ether oxygens (including phenoxy) is 1. The Bertz CT molecular complexity index is 886. The molecule has 2 aliphatic rings. The van der Waals surface area contributed by atoms with Crippen LogP contribution in [0, 0.1) is 12.8 Å². The highest BCUT2D eigenvalue weighted by atomic mass is 16.5. The van der Waals surface area contributed by atoms with Crippen LogP contribution in [0.4, 0.5) is 0 Å². The molecular weight excluding hydrogens is 342 g/mol. The van der Waals surface area contributed by atoms with Gasteiger partial charge in [-0.15, -0.1) is 0 Å². The normalized spacial score (nSPS) is 21.5. The minimum Gasteiger partial charge on any atom is -0.379 e. The molecule has 0 bridgehead atoms. The lowest BCUT2D eigenvalue weighted by Crippen LogP contribution is -2.46. The number of benzene rings is 1. The van der Waals surface area contributed by atoms with Gasteiger partial charge in [-0.25, -0.2) is 0 Å². The van der Waals surface area contributed by atoms with Gasteiger partial charge in [0.1, 0.15) is 5.56 Å². The highest BCUT2D eigenvalue weighted by molar-refractivity contribution is 5.97. The highest BCUT2D eigenvalue weighted by Crippen LogP contribution is 2.20. The van der Waals surface area contributed by atoms with E-state index in [4.69, 9.17) is 4.74 Å². The molecule has 0 radical (unpaired) electrons. The molecule has 0 unspecified atom stereocenters. The zero-order chi connectivity index (χ0) is 18.8. The van der Waals surface area contributed by atoms with Crippen LogP contribution in [0.2, 0.25) is 0 Å². The van der Waals surface area contributed by atoms with Gasteiger partial charge in [-0.1, -0.05) is 11.6 Å². The zero-order valence-electron chi connectivity index (χ0n) is 15.9. The van der Waals surface area contributed by atoms with Crippen LogP contribution in [-0.2, 0) is 4.74 Å². The summed E-state index contributed by atoms with van der Waals surface area (Å²) < 4.78 is 5.42. The smallest absolute Gasteiger partial charge is 0.259 e. The standard InChI is InChI=1S/C21H27N3O3/c1-15-4-5-19-17(11-15)20(25)18(12-22-19)21(26)24-6-2-3-16(14-24)13-23-7-9-27-10-8-23/h4-5,11-12,16H,2-3,6-10,13-14H2,1H3,(H,22,25)/t16-/m1/s1. The summed E-state index contributed by atoms with van der Waals surface area (Å²) in [5.41, 5.74) is 1.86. The monoisotopic (exact) mass is 369 g/mol. The molecule has 1 aromatic heterocycles. The van der Waals surface area contributed by atoms with Crippen molar-refractivity contribution in [3.63, 3.8) is 0 Å². The van der Waals surface area contributed by atoms with Gasteiger partial charge in [0.25, 0.3) is 5.91 Å². The summed E-state index contributed by atoms with van der Waals surface area (Å²) in [7, 11) is 0. The van der Waals surface area contributed by atoms with Gasteiger partial charge in [0.15, 0.2) is 0 Å². The molecule has 6 heteroatoms. The molecule has 144 valence electrons. The lowest BCUT2D eigenvalue weighted by atomic mass is 9.96. The Morgan fingerprint density at radius 3 is 2.89 bits per heavy atom. The van der Waals surface area contributed by atoms with E-state index in [2.05, 4.69) is 9.88 Å². The Morgan fingerprint density at radius 2 is 2.07 bits per heavy atom. The summed E-state index contributed by atoms with van der Waals surface area (Å²) in [6, 6.07) is 5.70. The van der Waals surface area contributed by atoms with Gasteiger partial charge in [0.05, 0.1) is 13.2 Å². The van der Waals surface area contributed by atoms with Gasteiger partial charge in [-0.3, -0.25) is 14.5 Å². The number of pyridine rings is 1. The van der Waals surface area contributed by atoms with E-state index in [0.717, 1.165) is 69.9 Å². The van der Waals surface area contributed by atoms with E-state index in [0.29, 0.717) is 11.3 Å². The van der Waals surface area contributed by atoms with Crippen molar-refractivity contribution in [2.24, 2.45) is 5.92 Å². The summed E-state index contributed by atoms with van der Waals surface area (Å²) >= 11 is 0. The Hall–Kier alpha value is -2.18. The molecule has 2 fully saturated rings. The van der Waals surface area contributed by atoms with Gasteiger partial charge in [-0.05, 0) is 37.8 Å². The molecule has 1 N–H and O–H groups in total. The minimum atomic E-state index is -0.173. The summed E-state index contributed by atoms with van der Waals surface area (Å²) in [4.78, 5) is 33.3. The Balaban J connectivity index is 1.51. The quantitative estimate of drug-likeness (QED) is 0.899. The molecule has 27 heavy (non-hydrogen) atoms. The number of likely N-dealkylation sites (tertiary alicyclic amines) is 1. The van der Waals surface area contributed by atoms with E-state index >= 15 is 0 Å². The van der Waals surface area contributed by atoms with Crippen LogP contribution in [0.15, 0.2) is 29.2 Å². The summed E-state index contributed by atoms with van der Waals surface area (Å²) in [6.07, 6.45) is 3.70. The molecule has 0 spiro atoms. The molecule has 4 rings (SSSR count). The predicted octanol–water partition coefficient (Wildman–Crippen LogP) is 2.02. The fraction of sp³-hybridized carbons (Fsp3) is 0.524. The lowest BCUT2D eigenvalue weighted by molar-refractivity contribution is 0.0223. The number of amides is 1. The van der Waals surface area contributed by atoms with E-state index < -0.39 is 0 Å². The molecular formula is C21H27N3O3. The minimum absolute atomic E-state index is 0.147. The van der Waals surface area contributed by atoms with Crippen LogP contribution in [0.1, 0.15) is 28.8 Å². The fourth-order valence-electron chi connectivity index (χ4n) is 4.21. The molecule has 6 nitrogen and oxygen atoms in total. The van der Waals surface area contributed by atoms with Crippen molar-refractivity contribution >= 4 is 16.8 Å². The average molecular weight is 369 g/mol. The number of fused-ring (bicyclic) bond motifs is 1. The van der Waals surface area contributed by atoms with Crippen LogP contribution in [0.25, 0.3) is 10.9 Å². The van der Waals surface area contributed by atoms with Crippen molar-refractivity contribution in [1.82, 2.24) is 14.8 Å². The molecule has 1 atom stereocenters. The van der Waals surface area contributed by atoms with Gasteiger partial charge < -0.3 is 14.6 Å². The third-order valence-electron chi connectivity index (χ3n) is 5.69. The summed E-state index contributed by atoms with van der Waals surface area (Å²) in [5, 5.41) is 0.586. The number of aromatic amines is 1. The Kier molecular flexibility index (Phi) is 5.27. The molecule has 2 aliphatic heterocycles. The molecule has 2 saturated heterocycles. The van der Waals surface area contributed by atoms with E-state index in [-0.39, 0.29) is 16.9 Å². The second-order valence-electron chi connectivity index (χ2n) is 7.75. The number of hydrogen-bond acceptors (Lipinski definition) is 4. The maximum Gasteiger partial charge on any atom is 0.259 e. The van der Waals surface area contributed by atoms with E-state index in [1.807, 2.05) is 30.0 Å².